The lowest BCUT2D eigenvalue weighted by atomic mass is 9.91. The van der Waals surface area contributed by atoms with E-state index in [1.807, 2.05) is 16.0 Å². The van der Waals surface area contributed by atoms with Crippen molar-refractivity contribution in [2.45, 2.75) is 12.3 Å². The SMILES string of the molecule is Cn1cc([C@@H]2CN(CC(=O)N3CCOCC3)C[C@@H]2CC(=O)O)nn1. The van der Waals surface area contributed by atoms with Gasteiger partial charge in [-0.05, 0) is 5.92 Å². The van der Waals surface area contributed by atoms with E-state index in [0.717, 1.165) is 5.69 Å². The first-order chi connectivity index (χ1) is 11.5. The van der Waals surface area contributed by atoms with Crippen molar-refractivity contribution in [1.82, 2.24) is 24.8 Å². The van der Waals surface area contributed by atoms with E-state index in [1.165, 1.54) is 0 Å². The number of morpholine rings is 1. The quantitative estimate of drug-likeness (QED) is 0.748. The second-order valence-corrected chi connectivity index (χ2v) is 6.47. The van der Waals surface area contributed by atoms with E-state index < -0.39 is 5.97 Å². The smallest absolute Gasteiger partial charge is 0.303 e. The molecular weight excluding hydrogens is 314 g/mol. The fourth-order valence-corrected chi connectivity index (χ4v) is 3.50. The van der Waals surface area contributed by atoms with Crippen LogP contribution >= 0.6 is 0 Å². The number of rotatable bonds is 5. The van der Waals surface area contributed by atoms with Gasteiger partial charge in [-0.2, -0.15) is 0 Å². The van der Waals surface area contributed by atoms with Crippen LogP contribution in [-0.2, 0) is 21.4 Å². The summed E-state index contributed by atoms with van der Waals surface area (Å²) in [5.74, 6) is -0.814. The van der Waals surface area contributed by atoms with Crippen LogP contribution in [0.25, 0.3) is 0 Å². The van der Waals surface area contributed by atoms with Crippen molar-refractivity contribution in [3.8, 4) is 0 Å². The summed E-state index contributed by atoms with van der Waals surface area (Å²) in [7, 11) is 1.79. The van der Waals surface area contributed by atoms with Gasteiger partial charge in [-0.1, -0.05) is 5.21 Å². The molecule has 9 nitrogen and oxygen atoms in total. The lowest BCUT2D eigenvalue weighted by Gasteiger charge is -2.28. The zero-order valence-corrected chi connectivity index (χ0v) is 13.8. The number of aliphatic carboxylic acids is 1. The van der Waals surface area contributed by atoms with Gasteiger partial charge in [0.25, 0.3) is 0 Å². The van der Waals surface area contributed by atoms with E-state index in [-0.39, 0.29) is 24.2 Å². The zero-order valence-electron chi connectivity index (χ0n) is 13.8. The molecule has 2 aliphatic rings. The van der Waals surface area contributed by atoms with E-state index in [4.69, 9.17) is 9.84 Å². The third-order valence-electron chi connectivity index (χ3n) is 4.68. The second-order valence-electron chi connectivity index (χ2n) is 6.47. The molecule has 1 N–H and O–H groups in total. The van der Waals surface area contributed by atoms with Crippen molar-refractivity contribution in [3.63, 3.8) is 0 Å². The van der Waals surface area contributed by atoms with Crippen LogP contribution in [0.5, 0.6) is 0 Å². The van der Waals surface area contributed by atoms with E-state index in [2.05, 4.69) is 10.3 Å². The zero-order chi connectivity index (χ0) is 17.1. The van der Waals surface area contributed by atoms with Crippen molar-refractivity contribution in [3.05, 3.63) is 11.9 Å². The number of likely N-dealkylation sites (tertiary alicyclic amines) is 1. The molecule has 24 heavy (non-hydrogen) atoms. The van der Waals surface area contributed by atoms with E-state index in [0.29, 0.717) is 45.9 Å². The predicted molar refractivity (Wildman–Crippen MR) is 83.3 cm³/mol. The summed E-state index contributed by atoms with van der Waals surface area (Å²) in [6.07, 6.45) is 1.90. The molecular formula is C15H23N5O4. The van der Waals surface area contributed by atoms with Crippen molar-refractivity contribution in [2.75, 3.05) is 45.9 Å². The normalized spacial score (nSPS) is 25.1. The van der Waals surface area contributed by atoms with Crippen molar-refractivity contribution in [2.24, 2.45) is 13.0 Å². The van der Waals surface area contributed by atoms with Gasteiger partial charge in [0, 0.05) is 45.3 Å². The molecule has 1 amide bonds. The van der Waals surface area contributed by atoms with Crippen LogP contribution in [0.2, 0.25) is 0 Å². The van der Waals surface area contributed by atoms with Crippen LogP contribution in [0.4, 0.5) is 0 Å². The Labute approximate surface area is 140 Å². The van der Waals surface area contributed by atoms with Gasteiger partial charge in [0.15, 0.2) is 0 Å². The Kier molecular flexibility index (Phi) is 5.10. The molecule has 0 unspecified atom stereocenters. The number of carboxylic acid groups (broad SMARTS) is 1. The summed E-state index contributed by atoms with van der Waals surface area (Å²) in [4.78, 5) is 27.4. The molecule has 0 aliphatic carbocycles. The topological polar surface area (TPSA) is 101 Å². The third kappa shape index (κ3) is 3.90. The molecule has 1 aromatic rings. The van der Waals surface area contributed by atoms with Gasteiger partial charge >= 0.3 is 5.97 Å². The largest absolute Gasteiger partial charge is 0.481 e. The van der Waals surface area contributed by atoms with E-state index in [1.54, 1.807) is 11.7 Å². The average molecular weight is 337 g/mol. The third-order valence-corrected chi connectivity index (χ3v) is 4.68. The minimum atomic E-state index is -0.824. The maximum Gasteiger partial charge on any atom is 0.303 e. The Bertz CT molecular complexity index is 598. The maximum absolute atomic E-state index is 12.4. The molecule has 2 saturated heterocycles. The summed E-state index contributed by atoms with van der Waals surface area (Å²) in [6.45, 7) is 3.94. The molecule has 9 heteroatoms. The molecule has 3 heterocycles. The van der Waals surface area contributed by atoms with Gasteiger partial charge in [-0.25, -0.2) is 0 Å². The van der Waals surface area contributed by atoms with Crippen LogP contribution in [0.15, 0.2) is 6.20 Å². The first-order valence-electron chi connectivity index (χ1n) is 8.19. The minimum absolute atomic E-state index is 0.00714. The number of carboxylic acids is 1. The second kappa shape index (κ2) is 7.27. The molecule has 2 atom stereocenters. The van der Waals surface area contributed by atoms with Crippen LogP contribution in [0.1, 0.15) is 18.0 Å². The highest BCUT2D eigenvalue weighted by Crippen LogP contribution is 2.33. The van der Waals surface area contributed by atoms with Crippen LogP contribution in [-0.4, -0.2) is 87.7 Å². The number of carbonyl (C=O) groups excluding carboxylic acids is 1. The first-order valence-corrected chi connectivity index (χ1v) is 8.19. The number of hydrogen-bond donors (Lipinski definition) is 1. The fraction of sp³-hybridized carbons (Fsp3) is 0.733. The van der Waals surface area contributed by atoms with Crippen LogP contribution in [0.3, 0.4) is 0 Å². The summed E-state index contributed by atoms with van der Waals surface area (Å²) >= 11 is 0. The maximum atomic E-state index is 12.4. The first kappa shape index (κ1) is 16.8. The Morgan fingerprint density at radius 1 is 1.33 bits per heavy atom. The molecule has 0 aromatic carbocycles. The summed E-state index contributed by atoms with van der Waals surface area (Å²) in [5.41, 5.74) is 0.796. The van der Waals surface area contributed by atoms with Crippen LogP contribution in [0, 0.1) is 5.92 Å². The number of nitrogens with zero attached hydrogens (tertiary/aromatic N) is 5. The fourth-order valence-electron chi connectivity index (χ4n) is 3.50. The molecule has 2 aliphatic heterocycles. The van der Waals surface area contributed by atoms with Gasteiger partial charge < -0.3 is 14.7 Å². The van der Waals surface area contributed by atoms with Gasteiger partial charge in [-0.15, -0.1) is 5.10 Å². The Morgan fingerprint density at radius 3 is 2.71 bits per heavy atom. The lowest BCUT2D eigenvalue weighted by molar-refractivity contribution is -0.138. The van der Waals surface area contributed by atoms with Gasteiger partial charge in [0.1, 0.15) is 0 Å². The Hall–Kier alpha value is -2.00. The highest BCUT2D eigenvalue weighted by Gasteiger charge is 2.37. The number of amides is 1. The summed E-state index contributed by atoms with van der Waals surface area (Å²) in [5, 5.41) is 17.3. The number of aryl methyl sites for hydroxylation is 1. The predicted octanol–water partition coefficient (Wildman–Crippen LogP) is -0.836. The molecule has 132 valence electrons. The van der Waals surface area contributed by atoms with Crippen molar-refractivity contribution >= 4 is 11.9 Å². The molecule has 3 rings (SSSR count). The highest BCUT2D eigenvalue weighted by atomic mass is 16.5. The number of ether oxygens (including phenoxy) is 1. The van der Waals surface area contributed by atoms with Crippen LogP contribution < -0.4 is 0 Å². The molecule has 0 bridgehead atoms. The van der Waals surface area contributed by atoms with Crippen molar-refractivity contribution < 1.29 is 19.4 Å². The Morgan fingerprint density at radius 2 is 2.08 bits per heavy atom. The van der Waals surface area contributed by atoms with Gasteiger partial charge in [-0.3, -0.25) is 19.2 Å². The monoisotopic (exact) mass is 337 g/mol. The molecule has 0 spiro atoms. The lowest BCUT2D eigenvalue weighted by Crippen LogP contribution is -2.45. The molecule has 1 aromatic heterocycles. The van der Waals surface area contributed by atoms with E-state index >= 15 is 0 Å². The molecule has 2 fully saturated rings. The van der Waals surface area contributed by atoms with Gasteiger partial charge in [0.05, 0.1) is 31.9 Å². The van der Waals surface area contributed by atoms with Gasteiger partial charge in [0.2, 0.25) is 5.91 Å². The molecule has 0 radical (unpaired) electrons. The minimum Gasteiger partial charge on any atom is -0.481 e. The number of carbonyl (C=O) groups is 2. The number of hydrogen-bond acceptors (Lipinski definition) is 6. The molecule has 0 saturated carbocycles. The van der Waals surface area contributed by atoms with E-state index in [9.17, 15) is 9.59 Å². The highest BCUT2D eigenvalue weighted by molar-refractivity contribution is 5.78. The Balaban J connectivity index is 1.64. The standard InChI is InChI=1S/C15H23N5O4/c1-18-9-13(16-17-18)12-8-19(7-11(12)6-15(22)23)10-14(21)20-2-4-24-5-3-20/h9,11-12H,2-8,10H2,1H3,(H,22,23)/t11-,12+/m0/s1. The number of aromatic nitrogens is 3. The average Bonchev–Trinajstić information content (AvgIpc) is 3.14. The van der Waals surface area contributed by atoms with Crippen molar-refractivity contribution in [1.29, 1.82) is 0 Å². The summed E-state index contributed by atoms with van der Waals surface area (Å²) < 4.78 is 6.89. The summed E-state index contributed by atoms with van der Waals surface area (Å²) in [6, 6.07) is 0.